The van der Waals surface area contributed by atoms with Crippen LogP contribution in [-0.4, -0.2) is 50.0 Å². The minimum absolute atomic E-state index is 0.342. The van der Waals surface area contributed by atoms with Crippen LogP contribution >= 0.6 is 0 Å². The maximum Gasteiger partial charge on any atom is 0.251 e. The fourth-order valence-electron chi connectivity index (χ4n) is 2.48. The van der Waals surface area contributed by atoms with E-state index in [1.54, 1.807) is 6.20 Å². The Morgan fingerprint density at radius 3 is 2.85 bits per heavy atom. The number of rotatable bonds is 5. The van der Waals surface area contributed by atoms with Crippen molar-refractivity contribution in [2.45, 2.75) is 12.5 Å². The maximum atomic E-state index is 11.0. The lowest BCUT2D eigenvalue weighted by Gasteiger charge is -2.39. The van der Waals surface area contributed by atoms with Gasteiger partial charge in [0.15, 0.2) is 0 Å². The molecule has 0 unspecified atom stereocenters. The Bertz CT molecular complexity index is 610. The molecule has 1 saturated heterocycles. The van der Waals surface area contributed by atoms with Crippen LogP contribution in [0.2, 0.25) is 0 Å². The monoisotopic (exact) mass is 274 g/mol. The number of aromatic nitrogens is 4. The van der Waals surface area contributed by atoms with E-state index >= 15 is 0 Å². The zero-order chi connectivity index (χ0) is 14.1. The van der Waals surface area contributed by atoms with Gasteiger partial charge < -0.3 is 5.73 Å². The van der Waals surface area contributed by atoms with Crippen LogP contribution in [0.4, 0.5) is 0 Å². The Kier molecular flexibility index (Phi) is 3.27. The van der Waals surface area contributed by atoms with E-state index in [2.05, 4.69) is 15.1 Å². The molecule has 1 aliphatic heterocycles. The standard InChI is InChI=1S/C13H18N6O/c1-17-11(2-4-15-17)3-5-18-8-12(9-18)19-7-10(6-16-19)13(14)20/h2,4,6-7,12H,3,5,8-9H2,1H3,(H2,14,20). The fourth-order valence-corrected chi connectivity index (χ4v) is 2.48. The van der Waals surface area contributed by atoms with Crippen molar-refractivity contribution in [3.63, 3.8) is 0 Å². The van der Waals surface area contributed by atoms with Gasteiger partial charge in [-0.15, -0.1) is 0 Å². The molecule has 7 heteroatoms. The van der Waals surface area contributed by atoms with Gasteiger partial charge in [-0.05, 0) is 6.07 Å². The van der Waals surface area contributed by atoms with Crippen LogP contribution in [0.1, 0.15) is 22.1 Å². The molecule has 2 aromatic heterocycles. The lowest BCUT2D eigenvalue weighted by Crippen LogP contribution is -2.48. The number of nitrogens with zero attached hydrogens (tertiary/aromatic N) is 5. The maximum absolute atomic E-state index is 11.0. The van der Waals surface area contributed by atoms with Gasteiger partial charge in [-0.25, -0.2) is 0 Å². The van der Waals surface area contributed by atoms with Gasteiger partial charge in [-0.1, -0.05) is 0 Å². The lowest BCUT2D eigenvalue weighted by atomic mass is 10.1. The van der Waals surface area contributed by atoms with Crippen LogP contribution in [0.15, 0.2) is 24.7 Å². The highest BCUT2D eigenvalue weighted by Crippen LogP contribution is 2.20. The van der Waals surface area contributed by atoms with E-state index in [9.17, 15) is 4.79 Å². The van der Waals surface area contributed by atoms with Crippen molar-refractivity contribution < 1.29 is 4.79 Å². The molecule has 0 aliphatic carbocycles. The number of aryl methyl sites for hydroxylation is 1. The molecule has 2 aromatic rings. The van der Waals surface area contributed by atoms with Gasteiger partial charge in [-0.2, -0.15) is 10.2 Å². The smallest absolute Gasteiger partial charge is 0.251 e. The Hall–Kier alpha value is -2.15. The SMILES string of the molecule is Cn1nccc1CCN1CC(n2cc(C(N)=O)cn2)C1. The highest BCUT2D eigenvalue weighted by atomic mass is 16.1. The summed E-state index contributed by atoms with van der Waals surface area (Å²) in [6.07, 6.45) is 6.07. The predicted octanol–water partition coefficient (Wildman–Crippen LogP) is -0.185. The first-order chi connectivity index (χ1) is 9.63. The number of primary amides is 1. The summed E-state index contributed by atoms with van der Waals surface area (Å²) >= 11 is 0. The number of carbonyl (C=O) groups is 1. The highest BCUT2D eigenvalue weighted by molar-refractivity contribution is 5.92. The van der Waals surface area contributed by atoms with Gasteiger partial charge >= 0.3 is 0 Å². The van der Waals surface area contributed by atoms with E-state index in [0.717, 1.165) is 26.1 Å². The minimum Gasteiger partial charge on any atom is -0.366 e. The summed E-state index contributed by atoms with van der Waals surface area (Å²) in [4.78, 5) is 13.4. The van der Waals surface area contributed by atoms with E-state index in [1.165, 1.54) is 11.9 Å². The van der Waals surface area contributed by atoms with E-state index in [-0.39, 0.29) is 0 Å². The third kappa shape index (κ3) is 2.44. The predicted molar refractivity (Wildman–Crippen MR) is 73.1 cm³/mol. The lowest BCUT2D eigenvalue weighted by molar-refractivity contribution is 0.0980. The minimum atomic E-state index is -0.427. The molecule has 1 aliphatic rings. The zero-order valence-corrected chi connectivity index (χ0v) is 11.4. The van der Waals surface area contributed by atoms with Gasteiger partial charge in [0.2, 0.25) is 0 Å². The molecule has 7 nitrogen and oxygen atoms in total. The Balaban J connectivity index is 1.48. The number of hydrogen-bond acceptors (Lipinski definition) is 4. The molecular weight excluding hydrogens is 256 g/mol. The molecule has 0 spiro atoms. The summed E-state index contributed by atoms with van der Waals surface area (Å²) < 4.78 is 3.74. The number of nitrogens with two attached hydrogens (primary N) is 1. The van der Waals surface area contributed by atoms with E-state index in [1.807, 2.05) is 28.7 Å². The highest BCUT2D eigenvalue weighted by Gasteiger charge is 2.28. The van der Waals surface area contributed by atoms with Crippen LogP contribution < -0.4 is 5.73 Å². The first-order valence-electron chi connectivity index (χ1n) is 6.66. The van der Waals surface area contributed by atoms with Crippen molar-refractivity contribution in [1.29, 1.82) is 0 Å². The average Bonchev–Trinajstić information content (AvgIpc) is 2.97. The third-order valence-corrected chi connectivity index (χ3v) is 3.80. The Labute approximate surface area is 117 Å². The summed E-state index contributed by atoms with van der Waals surface area (Å²) in [5.41, 5.74) is 6.93. The first-order valence-corrected chi connectivity index (χ1v) is 6.66. The van der Waals surface area contributed by atoms with Gasteiger partial charge in [0.25, 0.3) is 5.91 Å². The second kappa shape index (κ2) is 5.09. The average molecular weight is 274 g/mol. The Morgan fingerprint density at radius 1 is 1.45 bits per heavy atom. The molecule has 3 rings (SSSR count). The molecule has 0 saturated carbocycles. The normalized spacial score (nSPS) is 16.2. The number of hydrogen-bond donors (Lipinski definition) is 1. The molecule has 0 aromatic carbocycles. The van der Waals surface area contributed by atoms with Crippen molar-refractivity contribution in [2.24, 2.45) is 12.8 Å². The largest absolute Gasteiger partial charge is 0.366 e. The molecule has 1 fully saturated rings. The zero-order valence-electron chi connectivity index (χ0n) is 11.4. The summed E-state index contributed by atoms with van der Waals surface area (Å²) in [6.45, 7) is 2.93. The van der Waals surface area contributed by atoms with Crippen molar-refractivity contribution in [2.75, 3.05) is 19.6 Å². The van der Waals surface area contributed by atoms with E-state index in [4.69, 9.17) is 5.73 Å². The number of likely N-dealkylation sites (tertiary alicyclic amines) is 1. The fraction of sp³-hybridized carbons (Fsp3) is 0.462. The number of amides is 1. The van der Waals surface area contributed by atoms with E-state index < -0.39 is 5.91 Å². The van der Waals surface area contributed by atoms with Gasteiger partial charge in [0.05, 0.1) is 17.8 Å². The topological polar surface area (TPSA) is 82.0 Å². The second-order valence-electron chi connectivity index (χ2n) is 5.18. The van der Waals surface area contributed by atoms with E-state index in [0.29, 0.717) is 11.6 Å². The van der Waals surface area contributed by atoms with Crippen LogP contribution in [0.3, 0.4) is 0 Å². The molecule has 106 valence electrons. The molecule has 0 atom stereocenters. The summed E-state index contributed by atoms with van der Waals surface area (Å²) in [5.74, 6) is -0.427. The van der Waals surface area contributed by atoms with Crippen molar-refractivity contribution in [3.8, 4) is 0 Å². The van der Waals surface area contributed by atoms with Gasteiger partial charge in [0.1, 0.15) is 0 Å². The van der Waals surface area contributed by atoms with Crippen molar-refractivity contribution in [1.82, 2.24) is 24.5 Å². The second-order valence-corrected chi connectivity index (χ2v) is 5.18. The van der Waals surface area contributed by atoms with Crippen molar-refractivity contribution >= 4 is 5.91 Å². The molecule has 0 bridgehead atoms. The quantitative estimate of drug-likeness (QED) is 0.819. The van der Waals surface area contributed by atoms with Crippen LogP contribution in [0.25, 0.3) is 0 Å². The molecule has 2 N–H and O–H groups in total. The molecule has 1 amide bonds. The molecule has 3 heterocycles. The van der Waals surface area contributed by atoms with Gasteiger partial charge in [0, 0.05) is 51.2 Å². The van der Waals surface area contributed by atoms with Crippen LogP contribution in [0, 0.1) is 0 Å². The molecule has 0 radical (unpaired) electrons. The van der Waals surface area contributed by atoms with Crippen LogP contribution in [-0.2, 0) is 13.5 Å². The number of carbonyl (C=O) groups excluding carboxylic acids is 1. The molecular formula is C13H18N6O. The summed E-state index contributed by atoms with van der Waals surface area (Å²) in [6, 6.07) is 2.39. The summed E-state index contributed by atoms with van der Waals surface area (Å²) in [5, 5.41) is 8.35. The Morgan fingerprint density at radius 2 is 2.25 bits per heavy atom. The third-order valence-electron chi connectivity index (χ3n) is 3.80. The first kappa shape index (κ1) is 12.9. The van der Waals surface area contributed by atoms with Crippen LogP contribution in [0.5, 0.6) is 0 Å². The molecule has 20 heavy (non-hydrogen) atoms. The van der Waals surface area contributed by atoms with Crippen molar-refractivity contribution in [3.05, 3.63) is 35.9 Å². The van der Waals surface area contributed by atoms with Gasteiger partial charge in [-0.3, -0.25) is 19.1 Å². The summed E-state index contributed by atoms with van der Waals surface area (Å²) in [7, 11) is 1.96.